The lowest BCUT2D eigenvalue weighted by Crippen LogP contribution is -2.43. The molecule has 0 saturated heterocycles. The van der Waals surface area contributed by atoms with Gasteiger partial charge in [-0.05, 0) is 62.8 Å². The Morgan fingerprint density at radius 3 is 2.43 bits per heavy atom. The van der Waals surface area contributed by atoms with Crippen molar-refractivity contribution >= 4 is 5.78 Å². The summed E-state index contributed by atoms with van der Waals surface area (Å²) < 4.78 is 0. The summed E-state index contributed by atoms with van der Waals surface area (Å²) in [4.78, 5) is 14.9. The summed E-state index contributed by atoms with van der Waals surface area (Å²) in [5, 5.41) is 9.04. The van der Waals surface area contributed by atoms with Crippen LogP contribution in [0.15, 0.2) is 12.1 Å². The van der Waals surface area contributed by atoms with Gasteiger partial charge in [0.1, 0.15) is 0 Å². The van der Waals surface area contributed by atoms with E-state index in [1.807, 2.05) is 13.0 Å². The largest absolute Gasteiger partial charge is 0.396 e. The van der Waals surface area contributed by atoms with Crippen LogP contribution in [-0.2, 0) is 0 Å². The maximum absolute atomic E-state index is 12.6. The van der Waals surface area contributed by atoms with Gasteiger partial charge in [0.15, 0.2) is 5.78 Å². The monoisotopic (exact) mass is 289 g/mol. The average molecular weight is 289 g/mol. The number of rotatable bonds is 7. The van der Waals surface area contributed by atoms with E-state index < -0.39 is 0 Å². The number of carbonyl (C=O) groups excluding carboxylic acids is 1. The van der Waals surface area contributed by atoms with Crippen molar-refractivity contribution in [2.45, 2.75) is 52.5 Å². The first-order valence-electron chi connectivity index (χ1n) is 7.99. The highest BCUT2D eigenvalue weighted by Crippen LogP contribution is 2.25. The molecule has 1 fully saturated rings. The van der Waals surface area contributed by atoms with Crippen molar-refractivity contribution in [3.8, 4) is 0 Å². The molecular weight excluding hydrogens is 262 g/mol. The summed E-state index contributed by atoms with van der Waals surface area (Å²) in [7, 11) is 0. The Kier molecular flexibility index (Phi) is 5.54. The second kappa shape index (κ2) is 7.19. The fraction of sp³-hybridized carbons (Fsp3) is 0.611. The van der Waals surface area contributed by atoms with Gasteiger partial charge in [0.2, 0.25) is 0 Å². The molecule has 0 unspecified atom stereocenters. The van der Waals surface area contributed by atoms with Crippen molar-refractivity contribution in [2.24, 2.45) is 0 Å². The molecule has 3 nitrogen and oxygen atoms in total. The molecule has 0 amide bonds. The number of hydrogen-bond acceptors (Lipinski definition) is 3. The van der Waals surface area contributed by atoms with Gasteiger partial charge in [-0.2, -0.15) is 0 Å². The second-order valence-corrected chi connectivity index (χ2v) is 6.31. The first-order valence-corrected chi connectivity index (χ1v) is 7.99. The maximum atomic E-state index is 12.6. The molecule has 0 bridgehead atoms. The normalized spacial score (nSPS) is 15.3. The highest BCUT2D eigenvalue weighted by molar-refractivity contribution is 5.99. The van der Waals surface area contributed by atoms with Gasteiger partial charge >= 0.3 is 0 Å². The van der Waals surface area contributed by atoms with Gasteiger partial charge in [0.25, 0.3) is 0 Å². The van der Waals surface area contributed by atoms with Crippen LogP contribution in [0.3, 0.4) is 0 Å². The summed E-state index contributed by atoms with van der Waals surface area (Å²) >= 11 is 0. The number of nitrogens with zero attached hydrogens (tertiary/aromatic N) is 1. The number of Topliss-reactive ketones (excluding diaryl/α,β-unsaturated/α-hetero) is 1. The Labute approximate surface area is 128 Å². The predicted molar refractivity (Wildman–Crippen MR) is 85.9 cm³/mol. The molecule has 21 heavy (non-hydrogen) atoms. The summed E-state index contributed by atoms with van der Waals surface area (Å²) in [6.07, 6.45) is 4.38. The lowest BCUT2D eigenvalue weighted by molar-refractivity contribution is 0.0787. The number of aliphatic hydroxyl groups excluding tert-OH is 1. The molecule has 2 rings (SSSR count). The van der Waals surface area contributed by atoms with Gasteiger partial charge in [-0.15, -0.1) is 0 Å². The second-order valence-electron chi connectivity index (χ2n) is 6.31. The first kappa shape index (κ1) is 16.2. The average Bonchev–Trinajstić information content (AvgIpc) is 2.38. The highest BCUT2D eigenvalue weighted by atomic mass is 16.3. The number of carbonyl (C=O) groups is 1. The molecule has 1 aromatic carbocycles. The van der Waals surface area contributed by atoms with Crippen molar-refractivity contribution in [3.05, 3.63) is 34.4 Å². The molecule has 0 spiro atoms. The van der Waals surface area contributed by atoms with Crippen LogP contribution in [0.4, 0.5) is 0 Å². The summed E-state index contributed by atoms with van der Waals surface area (Å²) in [6, 6.07) is 4.66. The fourth-order valence-corrected chi connectivity index (χ4v) is 2.95. The van der Waals surface area contributed by atoms with Crippen molar-refractivity contribution in [3.63, 3.8) is 0 Å². The lowest BCUT2D eigenvalue weighted by atomic mass is 9.90. The van der Waals surface area contributed by atoms with E-state index in [1.54, 1.807) is 0 Å². The molecule has 1 aromatic rings. The van der Waals surface area contributed by atoms with Gasteiger partial charge in [-0.1, -0.05) is 12.5 Å². The van der Waals surface area contributed by atoms with Crippen LogP contribution in [-0.4, -0.2) is 41.5 Å². The first-order chi connectivity index (χ1) is 10.0. The number of aryl methyl sites for hydroxylation is 3. The van der Waals surface area contributed by atoms with E-state index in [0.29, 0.717) is 12.6 Å². The van der Waals surface area contributed by atoms with E-state index in [2.05, 4.69) is 24.8 Å². The predicted octanol–water partition coefficient (Wildman–Crippen LogP) is 3.03. The third-order valence-electron chi connectivity index (χ3n) is 4.68. The van der Waals surface area contributed by atoms with Crippen LogP contribution in [0.2, 0.25) is 0 Å². The minimum atomic E-state index is 0.195. The molecule has 1 N–H and O–H groups in total. The molecule has 0 aliphatic heterocycles. The van der Waals surface area contributed by atoms with Crippen molar-refractivity contribution in [1.29, 1.82) is 0 Å². The molecule has 116 valence electrons. The third-order valence-corrected chi connectivity index (χ3v) is 4.68. The minimum absolute atomic E-state index is 0.195. The summed E-state index contributed by atoms with van der Waals surface area (Å²) in [5.41, 5.74) is 4.33. The van der Waals surface area contributed by atoms with E-state index >= 15 is 0 Å². The molecular formula is C18H27NO2. The minimum Gasteiger partial charge on any atom is -0.396 e. The van der Waals surface area contributed by atoms with Crippen LogP contribution in [0.1, 0.15) is 52.7 Å². The zero-order chi connectivity index (χ0) is 15.4. The zero-order valence-electron chi connectivity index (χ0n) is 13.5. The SMILES string of the molecule is Cc1cc(C)c(C(=O)CN(CCCO)C2CCC2)cc1C. The van der Waals surface area contributed by atoms with E-state index in [0.717, 1.165) is 24.1 Å². The van der Waals surface area contributed by atoms with Crippen LogP contribution < -0.4 is 0 Å². The fourth-order valence-electron chi connectivity index (χ4n) is 2.95. The number of hydrogen-bond donors (Lipinski definition) is 1. The van der Waals surface area contributed by atoms with Crippen molar-refractivity contribution in [1.82, 2.24) is 4.90 Å². The highest BCUT2D eigenvalue weighted by Gasteiger charge is 2.26. The molecule has 3 heteroatoms. The Morgan fingerprint density at radius 1 is 1.19 bits per heavy atom. The van der Waals surface area contributed by atoms with Gasteiger partial charge in [-0.3, -0.25) is 9.69 Å². The number of aliphatic hydroxyl groups is 1. The van der Waals surface area contributed by atoms with Crippen LogP contribution in [0, 0.1) is 20.8 Å². The summed E-state index contributed by atoms with van der Waals surface area (Å²) in [6.45, 7) is 7.64. The van der Waals surface area contributed by atoms with Gasteiger partial charge in [0.05, 0.1) is 6.54 Å². The molecule has 0 radical (unpaired) electrons. The zero-order valence-corrected chi connectivity index (χ0v) is 13.5. The van der Waals surface area contributed by atoms with Gasteiger partial charge in [-0.25, -0.2) is 0 Å². The van der Waals surface area contributed by atoms with E-state index in [1.165, 1.54) is 30.4 Å². The molecule has 1 saturated carbocycles. The van der Waals surface area contributed by atoms with E-state index in [-0.39, 0.29) is 12.4 Å². The van der Waals surface area contributed by atoms with Crippen molar-refractivity contribution < 1.29 is 9.90 Å². The standard InChI is InChI=1S/C18H27NO2/c1-13-10-15(3)17(11-14(13)2)18(21)12-19(8-5-9-20)16-6-4-7-16/h10-11,16,20H,4-9,12H2,1-3H3. The topological polar surface area (TPSA) is 40.5 Å². The smallest absolute Gasteiger partial charge is 0.177 e. The molecule has 0 atom stereocenters. The van der Waals surface area contributed by atoms with Crippen LogP contribution >= 0.6 is 0 Å². The Hall–Kier alpha value is -1.19. The summed E-state index contributed by atoms with van der Waals surface area (Å²) in [5.74, 6) is 0.209. The van der Waals surface area contributed by atoms with E-state index in [9.17, 15) is 4.79 Å². The van der Waals surface area contributed by atoms with E-state index in [4.69, 9.17) is 5.11 Å². The Balaban J connectivity index is 2.09. The Bertz CT molecular complexity index is 506. The van der Waals surface area contributed by atoms with Gasteiger partial charge in [0, 0.05) is 24.8 Å². The third kappa shape index (κ3) is 3.92. The lowest BCUT2D eigenvalue weighted by Gasteiger charge is -2.37. The quantitative estimate of drug-likeness (QED) is 0.784. The van der Waals surface area contributed by atoms with Crippen LogP contribution in [0.25, 0.3) is 0 Å². The van der Waals surface area contributed by atoms with Crippen LogP contribution in [0.5, 0.6) is 0 Å². The number of benzene rings is 1. The Morgan fingerprint density at radius 2 is 1.86 bits per heavy atom. The molecule has 1 aliphatic rings. The molecule has 0 aromatic heterocycles. The van der Waals surface area contributed by atoms with Crippen molar-refractivity contribution in [2.75, 3.05) is 19.7 Å². The molecule has 1 aliphatic carbocycles. The number of ketones is 1. The van der Waals surface area contributed by atoms with Gasteiger partial charge < -0.3 is 5.11 Å². The maximum Gasteiger partial charge on any atom is 0.177 e. The molecule has 0 heterocycles.